The summed E-state index contributed by atoms with van der Waals surface area (Å²) in [5.41, 5.74) is 0.839. The van der Waals surface area contributed by atoms with E-state index in [1.807, 2.05) is 13.0 Å². The predicted octanol–water partition coefficient (Wildman–Crippen LogP) is 1.85. The molecule has 0 aliphatic carbocycles. The van der Waals surface area contributed by atoms with E-state index in [9.17, 15) is 4.79 Å². The molecule has 1 aliphatic heterocycles. The lowest BCUT2D eigenvalue weighted by Crippen LogP contribution is -2.34. The zero-order chi connectivity index (χ0) is 17.6. The molecule has 2 aromatic rings. The Balaban J connectivity index is 1.46. The van der Waals surface area contributed by atoms with Gasteiger partial charge >= 0.3 is 0 Å². The van der Waals surface area contributed by atoms with E-state index in [-0.39, 0.29) is 18.6 Å². The first-order valence-electron chi connectivity index (χ1n) is 8.15. The van der Waals surface area contributed by atoms with Crippen LogP contribution in [0.3, 0.4) is 0 Å². The van der Waals surface area contributed by atoms with Crippen LogP contribution in [0.25, 0.3) is 0 Å². The second kappa shape index (κ2) is 7.83. The SMILES string of the molecule is COc1ccc(OCC(=O)N2CCC(Oc3ccc(C)nn3)C2)cc1. The van der Waals surface area contributed by atoms with Gasteiger partial charge in [0.2, 0.25) is 5.88 Å². The second-order valence-corrected chi connectivity index (χ2v) is 5.85. The molecule has 0 bridgehead atoms. The number of amides is 1. The summed E-state index contributed by atoms with van der Waals surface area (Å²) in [5.74, 6) is 1.81. The third kappa shape index (κ3) is 4.59. The first-order valence-corrected chi connectivity index (χ1v) is 8.15. The van der Waals surface area contributed by atoms with E-state index in [2.05, 4.69) is 10.2 Å². The summed E-state index contributed by atoms with van der Waals surface area (Å²) in [6.45, 7) is 3.05. The minimum absolute atomic E-state index is 0.00336. The summed E-state index contributed by atoms with van der Waals surface area (Å²) in [4.78, 5) is 14.0. The lowest BCUT2D eigenvalue weighted by Gasteiger charge is -2.17. The van der Waals surface area contributed by atoms with Gasteiger partial charge in [0.25, 0.3) is 5.91 Å². The molecule has 132 valence electrons. The minimum atomic E-state index is -0.0676. The lowest BCUT2D eigenvalue weighted by molar-refractivity contribution is -0.132. The Morgan fingerprint density at radius 2 is 1.92 bits per heavy atom. The molecule has 0 saturated carbocycles. The molecular weight excluding hydrogens is 322 g/mol. The number of ether oxygens (including phenoxy) is 3. The molecule has 1 fully saturated rings. The van der Waals surface area contributed by atoms with Crippen molar-refractivity contribution in [2.45, 2.75) is 19.4 Å². The molecule has 1 aliphatic rings. The molecular formula is C18H21N3O4. The molecule has 1 saturated heterocycles. The zero-order valence-corrected chi connectivity index (χ0v) is 14.3. The third-order valence-corrected chi connectivity index (χ3v) is 3.98. The highest BCUT2D eigenvalue weighted by Crippen LogP contribution is 2.19. The maximum Gasteiger partial charge on any atom is 0.260 e. The Kier molecular flexibility index (Phi) is 5.33. The average molecular weight is 343 g/mol. The fraction of sp³-hybridized carbons (Fsp3) is 0.389. The van der Waals surface area contributed by atoms with Crippen molar-refractivity contribution in [3.05, 3.63) is 42.1 Å². The predicted molar refractivity (Wildman–Crippen MR) is 90.9 cm³/mol. The minimum Gasteiger partial charge on any atom is -0.497 e. The van der Waals surface area contributed by atoms with Crippen molar-refractivity contribution in [3.63, 3.8) is 0 Å². The normalized spacial score (nSPS) is 16.6. The number of carbonyl (C=O) groups is 1. The van der Waals surface area contributed by atoms with Crippen molar-refractivity contribution in [2.75, 3.05) is 26.8 Å². The monoisotopic (exact) mass is 343 g/mol. The van der Waals surface area contributed by atoms with Gasteiger partial charge in [-0.05, 0) is 37.3 Å². The highest BCUT2D eigenvalue weighted by molar-refractivity contribution is 5.78. The largest absolute Gasteiger partial charge is 0.497 e. The number of likely N-dealkylation sites (tertiary alicyclic amines) is 1. The zero-order valence-electron chi connectivity index (χ0n) is 14.3. The van der Waals surface area contributed by atoms with Gasteiger partial charge in [-0.3, -0.25) is 4.79 Å². The van der Waals surface area contributed by atoms with Crippen molar-refractivity contribution < 1.29 is 19.0 Å². The number of hydrogen-bond donors (Lipinski definition) is 0. The highest BCUT2D eigenvalue weighted by atomic mass is 16.5. The molecule has 0 spiro atoms. The van der Waals surface area contributed by atoms with Gasteiger partial charge in [0, 0.05) is 19.0 Å². The first kappa shape index (κ1) is 17.0. The number of nitrogens with zero attached hydrogens (tertiary/aromatic N) is 3. The summed E-state index contributed by atoms with van der Waals surface area (Å²) in [6.07, 6.45) is 0.700. The number of benzene rings is 1. The summed E-state index contributed by atoms with van der Waals surface area (Å²) in [7, 11) is 1.60. The molecule has 1 aromatic carbocycles. The van der Waals surface area contributed by atoms with E-state index in [0.717, 1.165) is 17.9 Å². The van der Waals surface area contributed by atoms with Crippen LogP contribution in [-0.2, 0) is 4.79 Å². The van der Waals surface area contributed by atoms with Crippen molar-refractivity contribution in [3.8, 4) is 17.4 Å². The van der Waals surface area contributed by atoms with Gasteiger partial charge in [0.15, 0.2) is 6.61 Å². The molecule has 7 nitrogen and oxygen atoms in total. The van der Waals surface area contributed by atoms with E-state index >= 15 is 0 Å². The maximum absolute atomic E-state index is 12.3. The van der Waals surface area contributed by atoms with Gasteiger partial charge in [-0.15, -0.1) is 5.10 Å². The van der Waals surface area contributed by atoms with Crippen LogP contribution in [0.1, 0.15) is 12.1 Å². The number of carbonyl (C=O) groups excluding carboxylic acids is 1. The van der Waals surface area contributed by atoms with E-state index < -0.39 is 0 Å². The van der Waals surface area contributed by atoms with Crippen LogP contribution >= 0.6 is 0 Å². The Labute approximate surface area is 146 Å². The van der Waals surface area contributed by atoms with Crippen molar-refractivity contribution in [1.82, 2.24) is 15.1 Å². The Morgan fingerprint density at radius 1 is 1.16 bits per heavy atom. The van der Waals surface area contributed by atoms with Gasteiger partial charge in [0.05, 0.1) is 19.3 Å². The quantitative estimate of drug-likeness (QED) is 0.797. The molecule has 1 aromatic heterocycles. The van der Waals surface area contributed by atoms with E-state index in [0.29, 0.717) is 24.7 Å². The Hall–Kier alpha value is -2.83. The van der Waals surface area contributed by atoms with E-state index in [1.165, 1.54) is 0 Å². The van der Waals surface area contributed by atoms with E-state index in [4.69, 9.17) is 14.2 Å². The van der Waals surface area contributed by atoms with Gasteiger partial charge < -0.3 is 19.1 Å². The van der Waals surface area contributed by atoms with Gasteiger partial charge in [-0.2, -0.15) is 5.10 Å². The third-order valence-electron chi connectivity index (χ3n) is 3.98. The van der Waals surface area contributed by atoms with E-state index in [1.54, 1.807) is 42.3 Å². The number of methoxy groups -OCH3 is 1. The molecule has 25 heavy (non-hydrogen) atoms. The van der Waals surface area contributed by atoms with Crippen molar-refractivity contribution in [1.29, 1.82) is 0 Å². The van der Waals surface area contributed by atoms with Crippen LogP contribution < -0.4 is 14.2 Å². The number of aryl methyl sites for hydroxylation is 1. The van der Waals surface area contributed by atoms with Crippen LogP contribution in [-0.4, -0.2) is 53.9 Å². The van der Waals surface area contributed by atoms with Crippen LogP contribution in [0.15, 0.2) is 36.4 Å². The molecule has 1 atom stereocenters. The van der Waals surface area contributed by atoms with Gasteiger partial charge in [-0.1, -0.05) is 0 Å². The summed E-state index contributed by atoms with van der Waals surface area (Å²) in [5, 5.41) is 7.96. The lowest BCUT2D eigenvalue weighted by atomic mass is 10.3. The molecule has 7 heteroatoms. The summed E-state index contributed by atoms with van der Waals surface area (Å²) < 4.78 is 16.4. The summed E-state index contributed by atoms with van der Waals surface area (Å²) >= 11 is 0. The molecule has 1 amide bonds. The molecule has 1 unspecified atom stereocenters. The maximum atomic E-state index is 12.3. The van der Waals surface area contributed by atoms with Crippen LogP contribution in [0.4, 0.5) is 0 Å². The molecule has 0 N–H and O–H groups in total. The fourth-order valence-corrected chi connectivity index (χ4v) is 2.58. The van der Waals surface area contributed by atoms with Crippen LogP contribution in [0.2, 0.25) is 0 Å². The Morgan fingerprint density at radius 3 is 2.60 bits per heavy atom. The van der Waals surface area contributed by atoms with Crippen LogP contribution in [0, 0.1) is 6.92 Å². The van der Waals surface area contributed by atoms with Gasteiger partial charge in [-0.25, -0.2) is 0 Å². The average Bonchev–Trinajstić information content (AvgIpc) is 3.10. The molecule has 2 heterocycles. The number of rotatable bonds is 6. The highest BCUT2D eigenvalue weighted by Gasteiger charge is 2.28. The summed E-state index contributed by atoms with van der Waals surface area (Å²) in [6, 6.07) is 10.8. The van der Waals surface area contributed by atoms with Crippen molar-refractivity contribution in [2.24, 2.45) is 0 Å². The fourth-order valence-electron chi connectivity index (χ4n) is 2.58. The van der Waals surface area contributed by atoms with Crippen LogP contribution in [0.5, 0.6) is 17.4 Å². The Bertz CT molecular complexity index is 703. The second-order valence-electron chi connectivity index (χ2n) is 5.85. The topological polar surface area (TPSA) is 73.8 Å². The first-order chi connectivity index (χ1) is 12.1. The molecule has 3 rings (SSSR count). The van der Waals surface area contributed by atoms with Crippen molar-refractivity contribution >= 4 is 5.91 Å². The van der Waals surface area contributed by atoms with Gasteiger partial charge in [0.1, 0.15) is 17.6 Å². The smallest absolute Gasteiger partial charge is 0.260 e. The standard InChI is InChI=1S/C18H21N3O4/c1-13-3-8-17(20-19-13)25-16-9-10-21(11-16)18(22)12-24-15-6-4-14(23-2)5-7-15/h3-8,16H,9-12H2,1-2H3. The molecule has 0 radical (unpaired) electrons. The number of hydrogen-bond acceptors (Lipinski definition) is 6. The number of aromatic nitrogens is 2.